The van der Waals surface area contributed by atoms with Crippen LogP contribution >= 0.6 is 11.3 Å². The van der Waals surface area contributed by atoms with E-state index in [2.05, 4.69) is 14.9 Å². The van der Waals surface area contributed by atoms with E-state index in [1.165, 1.54) is 12.8 Å². The van der Waals surface area contributed by atoms with Crippen molar-refractivity contribution >= 4 is 23.2 Å². The number of nitrogens with zero attached hydrogens (tertiary/aromatic N) is 5. The summed E-state index contributed by atoms with van der Waals surface area (Å²) in [5, 5.41) is 2.85. The minimum Gasteiger partial charge on any atom is -0.342 e. The van der Waals surface area contributed by atoms with Gasteiger partial charge in [-0.2, -0.15) is 0 Å². The third-order valence-electron chi connectivity index (χ3n) is 5.84. The average Bonchev–Trinajstić information content (AvgIpc) is 3.06. The van der Waals surface area contributed by atoms with Gasteiger partial charge >= 0.3 is 0 Å². The molecule has 2 fully saturated rings. The van der Waals surface area contributed by atoms with Crippen molar-refractivity contribution in [3.63, 3.8) is 0 Å². The van der Waals surface area contributed by atoms with Gasteiger partial charge in [0.25, 0.3) is 0 Å². The second-order valence-electron chi connectivity index (χ2n) is 8.01. The fourth-order valence-corrected chi connectivity index (χ4v) is 4.85. The predicted molar refractivity (Wildman–Crippen MR) is 117 cm³/mol. The molecule has 30 heavy (non-hydrogen) atoms. The van der Waals surface area contributed by atoms with E-state index in [1.807, 2.05) is 27.3 Å². The number of piperazine rings is 1. The molecule has 0 radical (unpaired) electrons. The monoisotopic (exact) mass is 427 g/mol. The molecule has 2 saturated heterocycles. The highest BCUT2D eigenvalue weighted by Crippen LogP contribution is 2.23. The fourth-order valence-electron chi connectivity index (χ4n) is 4.04. The van der Waals surface area contributed by atoms with E-state index in [1.54, 1.807) is 23.7 Å². The lowest BCUT2D eigenvalue weighted by Gasteiger charge is -2.35. The Bertz CT molecular complexity index is 840. The summed E-state index contributed by atoms with van der Waals surface area (Å²) in [6, 6.07) is 3.86. The SMILES string of the molecule is O=C(Cc1csc(-c2cccnc2)n1)N1CCN(CC(=O)N2CCCCCC2)CC1. The minimum absolute atomic E-state index is 0.108. The number of amides is 2. The van der Waals surface area contributed by atoms with Gasteiger partial charge in [-0.3, -0.25) is 19.5 Å². The van der Waals surface area contributed by atoms with E-state index >= 15 is 0 Å². The molecule has 0 atom stereocenters. The zero-order chi connectivity index (χ0) is 20.8. The number of rotatable bonds is 5. The lowest BCUT2D eigenvalue weighted by molar-refractivity contribution is -0.134. The molecule has 2 amide bonds. The van der Waals surface area contributed by atoms with Crippen LogP contribution in [0, 0.1) is 0 Å². The molecule has 0 spiro atoms. The molecule has 4 heterocycles. The average molecular weight is 428 g/mol. The third-order valence-corrected chi connectivity index (χ3v) is 6.78. The molecule has 8 heteroatoms. The Morgan fingerprint density at radius 1 is 0.933 bits per heavy atom. The van der Waals surface area contributed by atoms with Gasteiger partial charge in [0.2, 0.25) is 11.8 Å². The predicted octanol–water partition coefficient (Wildman–Crippen LogP) is 2.29. The molecule has 2 aromatic heterocycles. The minimum atomic E-state index is 0.108. The summed E-state index contributed by atoms with van der Waals surface area (Å²) in [5.41, 5.74) is 1.78. The van der Waals surface area contributed by atoms with Crippen molar-refractivity contribution < 1.29 is 9.59 Å². The zero-order valence-corrected chi connectivity index (χ0v) is 18.1. The maximum absolute atomic E-state index is 12.7. The van der Waals surface area contributed by atoms with Crippen LogP contribution in [0.25, 0.3) is 10.6 Å². The lowest BCUT2D eigenvalue weighted by Crippen LogP contribution is -2.52. The molecule has 2 aliphatic rings. The smallest absolute Gasteiger partial charge is 0.236 e. The number of carbonyl (C=O) groups is 2. The first-order valence-corrected chi connectivity index (χ1v) is 11.7. The van der Waals surface area contributed by atoms with Crippen molar-refractivity contribution in [3.8, 4) is 10.6 Å². The first-order chi connectivity index (χ1) is 14.7. The van der Waals surface area contributed by atoms with Gasteiger partial charge in [0.15, 0.2) is 0 Å². The summed E-state index contributed by atoms with van der Waals surface area (Å²) in [7, 11) is 0. The molecular formula is C22H29N5O2S. The van der Waals surface area contributed by atoms with Crippen molar-refractivity contribution in [1.29, 1.82) is 0 Å². The molecule has 2 aliphatic heterocycles. The van der Waals surface area contributed by atoms with Crippen molar-refractivity contribution in [2.75, 3.05) is 45.8 Å². The van der Waals surface area contributed by atoms with Crippen LogP contribution in [-0.4, -0.2) is 82.3 Å². The van der Waals surface area contributed by atoms with Crippen molar-refractivity contribution in [2.24, 2.45) is 0 Å². The summed E-state index contributed by atoms with van der Waals surface area (Å²) in [6.07, 6.45) is 8.55. The van der Waals surface area contributed by atoms with Crippen LogP contribution in [0.2, 0.25) is 0 Å². The Kier molecular flexibility index (Phi) is 7.07. The van der Waals surface area contributed by atoms with E-state index in [-0.39, 0.29) is 11.8 Å². The van der Waals surface area contributed by atoms with Crippen LogP contribution in [0.3, 0.4) is 0 Å². The van der Waals surface area contributed by atoms with Crippen LogP contribution in [0.1, 0.15) is 31.4 Å². The van der Waals surface area contributed by atoms with Gasteiger partial charge in [-0.15, -0.1) is 11.3 Å². The van der Waals surface area contributed by atoms with Gasteiger partial charge in [0, 0.05) is 62.6 Å². The summed E-state index contributed by atoms with van der Waals surface area (Å²) in [4.78, 5) is 40.1. The molecule has 2 aromatic rings. The van der Waals surface area contributed by atoms with Crippen LogP contribution in [0.15, 0.2) is 29.9 Å². The van der Waals surface area contributed by atoms with E-state index in [0.29, 0.717) is 26.1 Å². The molecule has 0 aromatic carbocycles. The topological polar surface area (TPSA) is 69.6 Å². The van der Waals surface area contributed by atoms with Crippen molar-refractivity contribution in [3.05, 3.63) is 35.6 Å². The van der Waals surface area contributed by atoms with Crippen LogP contribution < -0.4 is 0 Å². The van der Waals surface area contributed by atoms with E-state index in [4.69, 9.17) is 0 Å². The Morgan fingerprint density at radius 3 is 2.37 bits per heavy atom. The number of carbonyl (C=O) groups excluding carboxylic acids is 2. The summed E-state index contributed by atoms with van der Waals surface area (Å²) in [6.45, 7) is 5.12. The number of likely N-dealkylation sites (tertiary alicyclic amines) is 1. The van der Waals surface area contributed by atoms with Gasteiger partial charge in [-0.05, 0) is 25.0 Å². The highest BCUT2D eigenvalue weighted by molar-refractivity contribution is 7.13. The second kappa shape index (κ2) is 10.1. The molecule has 0 saturated carbocycles. The number of hydrogen-bond acceptors (Lipinski definition) is 6. The van der Waals surface area contributed by atoms with Crippen molar-refractivity contribution in [1.82, 2.24) is 24.7 Å². The van der Waals surface area contributed by atoms with E-state index in [0.717, 1.165) is 55.3 Å². The van der Waals surface area contributed by atoms with Gasteiger partial charge in [0.1, 0.15) is 5.01 Å². The van der Waals surface area contributed by atoms with E-state index in [9.17, 15) is 9.59 Å². The van der Waals surface area contributed by atoms with Crippen LogP contribution in [0.4, 0.5) is 0 Å². The normalized spacial score (nSPS) is 18.3. The van der Waals surface area contributed by atoms with E-state index < -0.39 is 0 Å². The Morgan fingerprint density at radius 2 is 1.67 bits per heavy atom. The first kappa shape index (κ1) is 20.9. The van der Waals surface area contributed by atoms with Crippen LogP contribution in [-0.2, 0) is 16.0 Å². The molecule has 0 aliphatic carbocycles. The fraction of sp³-hybridized carbons (Fsp3) is 0.545. The first-order valence-electron chi connectivity index (χ1n) is 10.8. The number of thiazole rings is 1. The standard InChI is InChI=1S/C22H29N5O2S/c28-20(14-19-17-30-22(24-19)18-6-5-7-23-15-18)27-12-10-25(11-13-27)16-21(29)26-8-3-1-2-4-9-26/h5-7,15,17H,1-4,8-14,16H2. The summed E-state index contributed by atoms with van der Waals surface area (Å²) < 4.78 is 0. The molecule has 0 N–H and O–H groups in total. The highest BCUT2D eigenvalue weighted by Gasteiger charge is 2.25. The molecule has 160 valence electrons. The molecule has 0 unspecified atom stereocenters. The van der Waals surface area contributed by atoms with Gasteiger partial charge in [0.05, 0.1) is 18.7 Å². The molecule has 4 rings (SSSR count). The highest BCUT2D eigenvalue weighted by atomic mass is 32.1. The zero-order valence-electron chi connectivity index (χ0n) is 17.3. The Hall–Kier alpha value is -2.32. The quantitative estimate of drug-likeness (QED) is 0.732. The van der Waals surface area contributed by atoms with Crippen molar-refractivity contribution in [2.45, 2.75) is 32.1 Å². The largest absolute Gasteiger partial charge is 0.342 e. The van der Waals surface area contributed by atoms with Gasteiger partial charge in [-0.1, -0.05) is 12.8 Å². The number of hydrogen-bond donors (Lipinski definition) is 0. The molecule has 7 nitrogen and oxygen atoms in total. The Balaban J connectivity index is 1.23. The van der Waals surface area contributed by atoms with Gasteiger partial charge in [-0.25, -0.2) is 4.98 Å². The maximum atomic E-state index is 12.7. The van der Waals surface area contributed by atoms with Gasteiger partial charge < -0.3 is 9.80 Å². The Labute approximate surface area is 181 Å². The number of aromatic nitrogens is 2. The number of pyridine rings is 1. The molecular weight excluding hydrogens is 398 g/mol. The second-order valence-corrected chi connectivity index (χ2v) is 8.87. The summed E-state index contributed by atoms with van der Waals surface area (Å²) in [5.74, 6) is 0.346. The third kappa shape index (κ3) is 5.43. The maximum Gasteiger partial charge on any atom is 0.236 e. The summed E-state index contributed by atoms with van der Waals surface area (Å²) >= 11 is 1.54. The lowest BCUT2D eigenvalue weighted by atomic mass is 10.2. The molecule has 0 bridgehead atoms. The van der Waals surface area contributed by atoms with Crippen LogP contribution in [0.5, 0.6) is 0 Å².